The second-order valence-corrected chi connectivity index (χ2v) is 6.91. The SMILES string of the molecule is Nc1nc(NCC2CCCS2(=O)=O)cc(C(F)(F)F)n1. The minimum Gasteiger partial charge on any atom is -0.369 e. The van der Waals surface area contributed by atoms with Gasteiger partial charge in [-0.25, -0.2) is 13.4 Å². The second kappa shape index (κ2) is 5.08. The average molecular weight is 310 g/mol. The van der Waals surface area contributed by atoms with Crippen LogP contribution in [0.15, 0.2) is 6.07 Å². The molecule has 1 aliphatic rings. The van der Waals surface area contributed by atoms with Crippen LogP contribution in [0.2, 0.25) is 0 Å². The van der Waals surface area contributed by atoms with Gasteiger partial charge in [0.2, 0.25) is 5.95 Å². The van der Waals surface area contributed by atoms with Crippen LogP contribution in [-0.4, -0.2) is 35.9 Å². The van der Waals surface area contributed by atoms with Crippen molar-refractivity contribution >= 4 is 21.6 Å². The Morgan fingerprint density at radius 1 is 1.40 bits per heavy atom. The predicted molar refractivity (Wildman–Crippen MR) is 66.7 cm³/mol. The van der Waals surface area contributed by atoms with Crippen LogP contribution >= 0.6 is 0 Å². The van der Waals surface area contributed by atoms with Gasteiger partial charge in [0.25, 0.3) is 0 Å². The molecule has 1 fully saturated rings. The quantitative estimate of drug-likeness (QED) is 0.866. The molecular weight excluding hydrogens is 297 g/mol. The van der Waals surface area contributed by atoms with Crippen LogP contribution in [0.25, 0.3) is 0 Å². The molecule has 3 N–H and O–H groups in total. The lowest BCUT2D eigenvalue weighted by Crippen LogP contribution is -2.25. The van der Waals surface area contributed by atoms with E-state index in [1.54, 1.807) is 0 Å². The van der Waals surface area contributed by atoms with E-state index in [-0.39, 0.29) is 18.1 Å². The molecule has 2 heterocycles. The third kappa shape index (κ3) is 3.30. The molecule has 112 valence electrons. The largest absolute Gasteiger partial charge is 0.433 e. The first-order valence-corrected chi connectivity index (χ1v) is 7.57. The molecule has 0 amide bonds. The fraction of sp³-hybridized carbons (Fsp3) is 0.600. The van der Waals surface area contributed by atoms with Gasteiger partial charge in [-0.2, -0.15) is 18.2 Å². The number of alkyl halides is 3. The van der Waals surface area contributed by atoms with Crippen LogP contribution in [0.3, 0.4) is 0 Å². The number of halogens is 3. The van der Waals surface area contributed by atoms with Crippen molar-refractivity contribution in [3.05, 3.63) is 11.8 Å². The third-order valence-electron chi connectivity index (χ3n) is 3.01. The topological polar surface area (TPSA) is 98.0 Å². The summed E-state index contributed by atoms with van der Waals surface area (Å²) in [5.74, 6) is -0.539. The number of sulfone groups is 1. The molecule has 0 aromatic carbocycles. The van der Waals surface area contributed by atoms with Crippen LogP contribution < -0.4 is 11.1 Å². The van der Waals surface area contributed by atoms with Crippen LogP contribution in [0.1, 0.15) is 18.5 Å². The first kappa shape index (κ1) is 14.8. The highest BCUT2D eigenvalue weighted by Crippen LogP contribution is 2.29. The van der Waals surface area contributed by atoms with Gasteiger partial charge in [-0.05, 0) is 12.8 Å². The van der Waals surface area contributed by atoms with Crippen molar-refractivity contribution in [1.82, 2.24) is 9.97 Å². The zero-order valence-electron chi connectivity index (χ0n) is 10.3. The summed E-state index contributed by atoms with van der Waals surface area (Å²) in [5, 5.41) is 1.98. The number of hydrogen-bond donors (Lipinski definition) is 2. The molecule has 1 aromatic heterocycles. The Morgan fingerprint density at radius 2 is 2.10 bits per heavy atom. The molecule has 1 saturated heterocycles. The smallest absolute Gasteiger partial charge is 0.369 e. The van der Waals surface area contributed by atoms with E-state index < -0.39 is 32.9 Å². The van der Waals surface area contributed by atoms with Crippen molar-refractivity contribution in [3.63, 3.8) is 0 Å². The molecule has 1 unspecified atom stereocenters. The van der Waals surface area contributed by atoms with Crippen LogP contribution in [0.4, 0.5) is 24.9 Å². The van der Waals surface area contributed by atoms with Crippen LogP contribution in [-0.2, 0) is 16.0 Å². The zero-order chi connectivity index (χ0) is 15.0. The number of aromatic nitrogens is 2. The minimum absolute atomic E-state index is 0.0100. The lowest BCUT2D eigenvalue weighted by molar-refractivity contribution is -0.141. The molecule has 2 rings (SSSR count). The van der Waals surface area contributed by atoms with Crippen molar-refractivity contribution in [3.8, 4) is 0 Å². The summed E-state index contributed by atoms with van der Waals surface area (Å²) < 4.78 is 60.8. The summed E-state index contributed by atoms with van der Waals surface area (Å²) in [4.78, 5) is 6.71. The number of hydrogen-bond acceptors (Lipinski definition) is 6. The maximum Gasteiger partial charge on any atom is 0.433 e. The lowest BCUT2D eigenvalue weighted by atomic mass is 10.2. The van der Waals surface area contributed by atoms with Gasteiger partial charge < -0.3 is 11.1 Å². The molecule has 0 saturated carbocycles. The number of nitrogen functional groups attached to an aromatic ring is 1. The van der Waals surface area contributed by atoms with E-state index in [2.05, 4.69) is 15.3 Å². The highest BCUT2D eigenvalue weighted by Gasteiger charge is 2.34. The highest BCUT2D eigenvalue weighted by atomic mass is 32.2. The molecule has 1 aromatic rings. The van der Waals surface area contributed by atoms with E-state index >= 15 is 0 Å². The van der Waals surface area contributed by atoms with Gasteiger partial charge in [-0.15, -0.1) is 0 Å². The monoisotopic (exact) mass is 310 g/mol. The van der Waals surface area contributed by atoms with Gasteiger partial charge in [0.05, 0.1) is 11.0 Å². The molecule has 10 heteroatoms. The van der Waals surface area contributed by atoms with Gasteiger partial charge in [-0.3, -0.25) is 0 Å². The Morgan fingerprint density at radius 3 is 2.65 bits per heavy atom. The summed E-state index contributed by atoms with van der Waals surface area (Å²) >= 11 is 0. The van der Waals surface area contributed by atoms with Crippen molar-refractivity contribution in [2.45, 2.75) is 24.3 Å². The number of nitrogens with zero attached hydrogens (tertiary/aromatic N) is 2. The molecule has 0 spiro atoms. The Bertz CT molecular complexity index is 603. The van der Waals surface area contributed by atoms with Gasteiger partial charge >= 0.3 is 6.18 Å². The summed E-state index contributed by atoms with van der Waals surface area (Å²) in [7, 11) is -3.17. The normalized spacial score (nSPS) is 21.9. The molecule has 1 atom stereocenters. The van der Waals surface area contributed by atoms with Crippen LogP contribution in [0.5, 0.6) is 0 Å². The summed E-state index contributed by atoms with van der Waals surface area (Å²) in [5.41, 5.74) is 4.05. The number of rotatable bonds is 3. The Labute approximate surface area is 113 Å². The van der Waals surface area contributed by atoms with E-state index in [4.69, 9.17) is 5.73 Å². The van der Waals surface area contributed by atoms with Crippen molar-refractivity contribution in [2.24, 2.45) is 0 Å². The minimum atomic E-state index is -4.63. The van der Waals surface area contributed by atoms with Crippen molar-refractivity contribution < 1.29 is 21.6 Å². The summed E-state index contributed by atoms with van der Waals surface area (Å²) in [6.07, 6.45) is -3.58. The fourth-order valence-corrected chi connectivity index (χ4v) is 3.77. The van der Waals surface area contributed by atoms with E-state index in [9.17, 15) is 21.6 Å². The Kier molecular flexibility index (Phi) is 3.76. The zero-order valence-corrected chi connectivity index (χ0v) is 11.1. The number of nitrogens with one attached hydrogen (secondary N) is 1. The van der Waals surface area contributed by atoms with E-state index in [0.717, 1.165) is 0 Å². The molecular formula is C10H13F3N4O2S. The molecule has 1 aliphatic heterocycles. The van der Waals surface area contributed by atoms with E-state index in [1.165, 1.54) is 0 Å². The second-order valence-electron chi connectivity index (χ2n) is 4.51. The summed E-state index contributed by atoms with van der Waals surface area (Å²) in [6.45, 7) is 0.0100. The maximum absolute atomic E-state index is 12.5. The van der Waals surface area contributed by atoms with E-state index in [1.807, 2.05) is 0 Å². The third-order valence-corrected chi connectivity index (χ3v) is 5.28. The van der Waals surface area contributed by atoms with Gasteiger partial charge in [-0.1, -0.05) is 0 Å². The van der Waals surface area contributed by atoms with Crippen molar-refractivity contribution in [1.29, 1.82) is 0 Å². The Balaban J connectivity index is 2.12. The predicted octanol–water partition coefficient (Wildman–Crippen LogP) is 1.07. The average Bonchev–Trinajstić information content (AvgIpc) is 2.64. The molecule has 20 heavy (non-hydrogen) atoms. The maximum atomic E-state index is 12.5. The molecule has 0 aliphatic carbocycles. The summed E-state index contributed by atoms with van der Waals surface area (Å²) in [6, 6.07) is 0.706. The highest BCUT2D eigenvalue weighted by molar-refractivity contribution is 7.92. The molecule has 6 nitrogen and oxygen atoms in total. The Hall–Kier alpha value is -1.58. The van der Waals surface area contributed by atoms with Gasteiger partial charge in [0.15, 0.2) is 15.5 Å². The standard InChI is InChI=1S/C10H13F3N4O2S/c11-10(12,13)7-4-8(17-9(14)16-7)15-5-6-2-1-3-20(6,18)19/h4,6H,1-3,5H2,(H3,14,15,16,17). The number of nitrogens with two attached hydrogens (primary N) is 1. The molecule has 0 bridgehead atoms. The van der Waals surface area contributed by atoms with Gasteiger partial charge in [0.1, 0.15) is 5.82 Å². The molecule has 0 radical (unpaired) electrons. The van der Waals surface area contributed by atoms with Crippen LogP contribution in [0, 0.1) is 0 Å². The first-order valence-electron chi connectivity index (χ1n) is 5.86. The van der Waals surface area contributed by atoms with Crippen molar-refractivity contribution in [2.75, 3.05) is 23.3 Å². The first-order chi connectivity index (χ1) is 9.18. The van der Waals surface area contributed by atoms with E-state index in [0.29, 0.717) is 18.9 Å². The fourth-order valence-electron chi connectivity index (χ4n) is 2.01. The van der Waals surface area contributed by atoms with Gasteiger partial charge in [0, 0.05) is 12.6 Å². The lowest BCUT2D eigenvalue weighted by Gasteiger charge is -2.13. The number of anilines is 2.